The fourth-order valence-corrected chi connectivity index (χ4v) is 4.00. The van der Waals surface area contributed by atoms with Crippen molar-refractivity contribution < 1.29 is 13.3 Å². The zero-order valence-electron chi connectivity index (χ0n) is 12.8. The molecule has 0 unspecified atom stereocenters. The molecule has 0 heterocycles. The summed E-state index contributed by atoms with van der Waals surface area (Å²) in [4.78, 5) is 2.54. The third kappa shape index (κ3) is 6.85. The molecular weight excluding hydrogens is 246 g/mol. The van der Waals surface area contributed by atoms with E-state index in [1.807, 2.05) is 0 Å². The van der Waals surface area contributed by atoms with Gasteiger partial charge in [0, 0.05) is 27.4 Å². The summed E-state index contributed by atoms with van der Waals surface area (Å²) < 4.78 is 16.3. The monoisotopic (exact) mass is 277 g/mol. The van der Waals surface area contributed by atoms with E-state index in [9.17, 15) is 0 Å². The van der Waals surface area contributed by atoms with Gasteiger partial charge >= 0.3 is 8.80 Å². The van der Waals surface area contributed by atoms with Crippen molar-refractivity contribution in [3.63, 3.8) is 0 Å². The summed E-state index contributed by atoms with van der Waals surface area (Å²) in [5.41, 5.74) is 0. The molecule has 0 atom stereocenters. The Bertz CT molecular complexity index is 175. The number of hydrogen-bond donors (Lipinski definition) is 0. The lowest BCUT2D eigenvalue weighted by molar-refractivity contribution is 0.122. The van der Waals surface area contributed by atoms with Crippen molar-refractivity contribution in [3.05, 3.63) is 0 Å². The van der Waals surface area contributed by atoms with Crippen LogP contribution in [0.1, 0.15) is 39.5 Å². The average molecular weight is 277 g/mol. The predicted molar refractivity (Wildman–Crippen MR) is 77.8 cm³/mol. The Labute approximate surface area is 114 Å². The second-order valence-corrected chi connectivity index (χ2v) is 7.68. The summed E-state index contributed by atoms with van der Waals surface area (Å²) in [6.45, 7) is 8.05. The molecule has 0 rings (SSSR count). The largest absolute Gasteiger partial charge is 0.500 e. The number of rotatable bonds is 12. The normalized spacial score (nSPS) is 12.3. The Balaban J connectivity index is 3.87. The van der Waals surface area contributed by atoms with E-state index >= 15 is 0 Å². The SMILES string of the molecule is CCCN(CCC)CCCC[Si](OC)(OC)OC. The van der Waals surface area contributed by atoms with E-state index in [0.29, 0.717) is 0 Å². The number of nitrogens with zero attached hydrogens (tertiary/aromatic N) is 1. The molecule has 0 aliphatic heterocycles. The van der Waals surface area contributed by atoms with Gasteiger partial charge in [0.2, 0.25) is 0 Å². The molecule has 0 N–H and O–H groups in total. The summed E-state index contributed by atoms with van der Waals surface area (Å²) in [6.07, 6.45) is 4.75. The summed E-state index contributed by atoms with van der Waals surface area (Å²) >= 11 is 0. The molecule has 0 radical (unpaired) electrons. The molecule has 4 nitrogen and oxygen atoms in total. The van der Waals surface area contributed by atoms with Crippen LogP contribution in [-0.2, 0) is 13.3 Å². The van der Waals surface area contributed by atoms with E-state index in [4.69, 9.17) is 13.3 Å². The van der Waals surface area contributed by atoms with Crippen molar-refractivity contribution in [1.82, 2.24) is 4.90 Å². The summed E-state index contributed by atoms with van der Waals surface area (Å²) in [7, 11) is 2.70. The Hall–Kier alpha value is 0.0569. The van der Waals surface area contributed by atoms with Crippen LogP contribution in [0, 0.1) is 0 Å². The van der Waals surface area contributed by atoms with Crippen molar-refractivity contribution in [1.29, 1.82) is 0 Å². The second-order valence-electron chi connectivity index (χ2n) is 4.59. The molecule has 0 amide bonds. The van der Waals surface area contributed by atoms with Gasteiger partial charge in [-0.1, -0.05) is 13.8 Å². The van der Waals surface area contributed by atoms with E-state index in [2.05, 4.69) is 18.7 Å². The van der Waals surface area contributed by atoms with Gasteiger partial charge < -0.3 is 18.2 Å². The van der Waals surface area contributed by atoms with Crippen molar-refractivity contribution in [2.45, 2.75) is 45.6 Å². The minimum Gasteiger partial charge on any atom is -0.377 e. The van der Waals surface area contributed by atoms with E-state index in [1.54, 1.807) is 21.3 Å². The van der Waals surface area contributed by atoms with Crippen LogP contribution in [0.4, 0.5) is 0 Å². The second kappa shape index (κ2) is 10.9. The van der Waals surface area contributed by atoms with Gasteiger partial charge in [0.15, 0.2) is 0 Å². The Morgan fingerprint density at radius 3 is 1.67 bits per heavy atom. The zero-order chi connectivity index (χ0) is 13.9. The molecule has 0 aliphatic carbocycles. The first kappa shape index (κ1) is 18.1. The summed E-state index contributed by atoms with van der Waals surface area (Å²) in [5.74, 6) is 0. The van der Waals surface area contributed by atoms with E-state index in [1.165, 1.54) is 38.9 Å². The van der Waals surface area contributed by atoms with E-state index in [0.717, 1.165) is 12.5 Å². The molecule has 0 aromatic carbocycles. The molecule has 0 aromatic rings. The maximum atomic E-state index is 5.42. The molecule has 0 saturated heterocycles. The van der Waals surface area contributed by atoms with E-state index < -0.39 is 8.80 Å². The van der Waals surface area contributed by atoms with Crippen LogP contribution in [0.3, 0.4) is 0 Å². The van der Waals surface area contributed by atoms with Crippen LogP contribution in [0.25, 0.3) is 0 Å². The van der Waals surface area contributed by atoms with Crippen molar-refractivity contribution in [3.8, 4) is 0 Å². The van der Waals surface area contributed by atoms with E-state index in [-0.39, 0.29) is 0 Å². The summed E-state index contributed by atoms with van der Waals surface area (Å²) in [5, 5.41) is 0. The van der Waals surface area contributed by atoms with Crippen LogP contribution in [0.2, 0.25) is 6.04 Å². The standard InChI is InChI=1S/C13H31NO3Si/c1-6-10-14(11-7-2)12-8-9-13-18(15-3,16-4)17-5/h6-13H2,1-5H3. The molecule has 110 valence electrons. The topological polar surface area (TPSA) is 30.9 Å². The fourth-order valence-electron chi connectivity index (χ4n) is 2.20. The first-order chi connectivity index (χ1) is 8.67. The van der Waals surface area contributed by atoms with Gasteiger partial charge in [-0.3, -0.25) is 0 Å². The van der Waals surface area contributed by atoms with Crippen molar-refractivity contribution in [2.24, 2.45) is 0 Å². The third-order valence-electron chi connectivity index (χ3n) is 3.22. The quantitative estimate of drug-likeness (QED) is 0.405. The molecule has 18 heavy (non-hydrogen) atoms. The molecule has 0 bridgehead atoms. The highest BCUT2D eigenvalue weighted by Crippen LogP contribution is 2.16. The Kier molecular flexibility index (Phi) is 11.0. The maximum Gasteiger partial charge on any atom is 0.500 e. The first-order valence-electron chi connectivity index (χ1n) is 7.05. The van der Waals surface area contributed by atoms with Gasteiger partial charge in [-0.25, -0.2) is 0 Å². The van der Waals surface area contributed by atoms with Crippen LogP contribution >= 0.6 is 0 Å². The number of hydrogen-bond acceptors (Lipinski definition) is 4. The predicted octanol–water partition coefficient (Wildman–Crippen LogP) is 2.77. The van der Waals surface area contributed by atoms with Crippen LogP contribution < -0.4 is 0 Å². The smallest absolute Gasteiger partial charge is 0.377 e. The van der Waals surface area contributed by atoms with Gasteiger partial charge in [-0.15, -0.1) is 0 Å². The van der Waals surface area contributed by atoms with Crippen molar-refractivity contribution >= 4 is 8.80 Å². The highest BCUT2D eigenvalue weighted by atomic mass is 28.4. The maximum absolute atomic E-state index is 5.42. The highest BCUT2D eigenvalue weighted by molar-refractivity contribution is 6.60. The zero-order valence-corrected chi connectivity index (χ0v) is 13.8. The molecule has 0 spiro atoms. The van der Waals surface area contributed by atoms with Gasteiger partial charge in [0.05, 0.1) is 0 Å². The van der Waals surface area contributed by atoms with Gasteiger partial charge in [0.25, 0.3) is 0 Å². The fraction of sp³-hybridized carbons (Fsp3) is 1.00. The molecule has 0 aromatic heterocycles. The molecular formula is C13H31NO3Si. The van der Waals surface area contributed by atoms with Gasteiger partial charge in [-0.05, 0) is 45.3 Å². The third-order valence-corrected chi connectivity index (χ3v) is 6.05. The Morgan fingerprint density at radius 2 is 1.28 bits per heavy atom. The lowest BCUT2D eigenvalue weighted by Crippen LogP contribution is -2.42. The van der Waals surface area contributed by atoms with Gasteiger partial charge in [0.1, 0.15) is 0 Å². The lowest BCUT2D eigenvalue weighted by Gasteiger charge is -2.25. The van der Waals surface area contributed by atoms with Crippen LogP contribution in [0.15, 0.2) is 0 Å². The van der Waals surface area contributed by atoms with Crippen molar-refractivity contribution in [2.75, 3.05) is 41.0 Å². The molecule has 5 heteroatoms. The first-order valence-corrected chi connectivity index (χ1v) is 8.99. The van der Waals surface area contributed by atoms with Crippen LogP contribution in [-0.4, -0.2) is 54.7 Å². The minimum absolute atomic E-state index is 0.905. The average Bonchev–Trinajstić information content (AvgIpc) is 2.40. The summed E-state index contributed by atoms with van der Waals surface area (Å²) in [6, 6.07) is 0.905. The number of unbranched alkanes of at least 4 members (excludes halogenated alkanes) is 1. The molecule has 0 aliphatic rings. The van der Waals surface area contributed by atoms with Gasteiger partial charge in [-0.2, -0.15) is 0 Å². The lowest BCUT2D eigenvalue weighted by atomic mass is 10.3. The highest BCUT2D eigenvalue weighted by Gasteiger charge is 2.36. The Morgan fingerprint density at radius 1 is 0.778 bits per heavy atom. The van der Waals surface area contributed by atoms with Crippen LogP contribution in [0.5, 0.6) is 0 Å². The minimum atomic E-state index is -2.34. The molecule has 0 fully saturated rings. The molecule has 0 saturated carbocycles.